The molecule has 0 radical (unpaired) electrons. The molecule has 0 saturated heterocycles. The molecule has 3 heteroatoms. The van der Waals surface area contributed by atoms with Crippen LogP contribution in [0, 0.1) is 11.8 Å². The standard InChI is InChI=1S/C8H14O3/c1-5(2)7(9)4-6(3)8(10)11/h5-6H,4H2,1-3H3,(H,10,11). The summed E-state index contributed by atoms with van der Waals surface area (Å²) in [5.74, 6) is -1.50. The summed E-state index contributed by atoms with van der Waals surface area (Å²) in [7, 11) is 0. The van der Waals surface area contributed by atoms with Gasteiger partial charge in [-0.1, -0.05) is 20.8 Å². The fourth-order valence-corrected chi connectivity index (χ4v) is 0.625. The molecule has 0 aliphatic heterocycles. The smallest absolute Gasteiger partial charge is 0.306 e. The van der Waals surface area contributed by atoms with Gasteiger partial charge < -0.3 is 5.11 Å². The fraction of sp³-hybridized carbons (Fsp3) is 0.750. The van der Waals surface area contributed by atoms with Gasteiger partial charge >= 0.3 is 5.97 Å². The lowest BCUT2D eigenvalue weighted by Crippen LogP contribution is -2.17. The average Bonchev–Trinajstić information content (AvgIpc) is 1.87. The highest BCUT2D eigenvalue weighted by Crippen LogP contribution is 2.07. The lowest BCUT2D eigenvalue weighted by atomic mass is 9.98. The van der Waals surface area contributed by atoms with Crippen LogP contribution in [0.5, 0.6) is 0 Å². The van der Waals surface area contributed by atoms with Gasteiger partial charge in [-0.05, 0) is 0 Å². The minimum Gasteiger partial charge on any atom is -0.481 e. The van der Waals surface area contributed by atoms with Crippen molar-refractivity contribution in [2.75, 3.05) is 0 Å². The first-order valence-electron chi connectivity index (χ1n) is 3.70. The summed E-state index contributed by atoms with van der Waals surface area (Å²) in [5.41, 5.74) is 0. The molecule has 0 amide bonds. The van der Waals surface area contributed by atoms with Crippen molar-refractivity contribution in [1.82, 2.24) is 0 Å². The zero-order chi connectivity index (χ0) is 9.02. The highest BCUT2D eigenvalue weighted by Gasteiger charge is 2.17. The number of ketones is 1. The molecule has 0 aliphatic carbocycles. The topological polar surface area (TPSA) is 54.4 Å². The Morgan fingerprint density at radius 2 is 1.73 bits per heavy atom. The number of carbonyl (C=O) groups excluding carboxylic acids is 1. The van der Waals surface area contributed by atoms with Crippen LogP contribution in [0.2, 0.25) is 0 Å². The zero-order valence-electron chi connectivity index (χ0n) is 7.13. The number of rotatable bonds is 4. The molecule has 3 nitrogen and oxygen atoms in total. The first-order valence-corrected chi connectivity index (χ1v) is 3.70. The Hall–Kier alpha value is -0.860. The number of Topliss-reactive ketones (excluding diaryl/α,β-unsaturated/α-hetero) is 1. The van der Waals surface area contributed by atoms with E-state index in [1.807, 2.05) is 0 Å². The molecule has 0 aromatic carbocycles. The van der Waals surface area contributed by atoms with Crippen molar-refractivity contribution in [2.24, 2.45) is 11.8 Å². The van der Waals surface area contributed by atoms with Gasteiger partial charge in [0, 0.05) is 12.3 Å². The van der Waals surface area contributed by atoms with E-state index in [9.17, 15) is 9.59 Å². The average molecular weight is 158 g/mol. The van der Waals surface area contributed by atoms with Gasteiger partial charge in [0.15, 0.2) is 0 Å². The van der Waals surface area contributed by atoms with Crippen LogP contribution in [0.1, 0.15) is 27.2 Å². The molecule has 0 heterocycles. The van der Waals surface area contributed by atoms with Gasteiger partial charge in [0.05, 0.1) is 5.92 Å². The van der Waals surface area contributed by atoms with Crippen LogP contribution in [0.15, 0.2) is 0 Å². The minimum absolute atomic E-state index is 0.0138. The van der Waals surface area contributed by atoms with Crippen molar-refractivity contribution in [3.63, 3.8) is 0 Å². The van der Waals surface area contributed by atoms with E-state index in [1.54, 1.807) is 20.8 Å². The largest absolute Gasteiger partial charge is 0.481 e. The summed E-state index contributed by atoms with van der Waals surface area (Å²) in [6, 6.07) is 0. The molecular formula is C8H14O3. The highest BCUT2D eigenvalue weighted by molar-refractivity contribution is 5.84. The first kappa shape index (κ1) is 10.1. The molecule has 0 aromatic heterocycles. The molecule has 64 valence electrons. The summed E-state index contributed by atoms with van der Waals surface area (Å²) in [4.78, 5) is 21.3. The normalized spacial score (nSPS) is 13.1. The SMILES string of the molecule is CC(C)C(=O)CC(C)C(=O)O. The molecule has 11 heavy (non-hydrogen) atoms. The van der Waals surface area contributed by atoms with E-state index >= 15 is 0 Å². The summed E-state index contributed by atoms with van der Waals surface area (Å²) in [6.07, 6.45) is 0.146. The Morgan fingerprint density at radius 3 is 2.00 bits per heavy atom. The van der Waals surface area contributed by atoms with Crippen molar-refractivity contribution in [3.8, 4) is 0 Å². The van der Waals surface area contributed by atoms with Crippen molar-refractivity contribution in [1.29, 1.82) is 0 Å². The molecular weight excluding hydrogens is 144 g/mol. The Labute approximate surface area is 66.4 Å². The second-order valence-corrected chi connectivity index (χ2v) is 3.06. The quantitative estimate of drug-likeness (QED) is 0.671. The van der Waals surface area contributed by atoms with Crippen LogP contribution in [0.25, 0.3) is 0 Å². The second kappa shape index (κ2) is 4.11. The molecule has 0 aliphatic rings. The van der Waals surface area contributed by atoms with Crippen molar-refractivity contribution in [3.05, 3.63) is 0 Å². The highest BCUT2D eigenvalue weighted by atomic mass is 16.4. The van der Waals surface area contributed by atoms with E-state index < -0.39 is 11.9 Å². The van der Waals surface area contributed by atoms with Crippen LogP contribution < -0.4 is 0 Å². The number of hydrogen-bond acceptors (Lipinski definition) is 2. The van der Waals surface area contributed by atoms with Crippen molar-refractivity contribution >= 4 is 11.8 Å². The van der Waals surface area contributed by atoms with Gasteiger partial charge in [-0.2, -0.15) is 0 Å². The predicted octanol–water partition coefficient (Wildman–Crippen LogP) is 1.32. The molecule has 0 fully saturated rings. The molecule has 0 rings (SSSR count). The number of carboxylic acid groups (broad SMARTS) is 1. The first-order chi connectivity index (χ1) is 4.95. The van der Waals surface area contributed by atoms with Gasteiger partial charge in [-0.25, -0.2) is 0 Å². The third-order valence-electron chi connectivity index (χ3n) is 1.57. The monoisotopic (exact) mass is 158 g/mol. The van der Waals surface area contributed by atoms with E-state index in [4.69, 9.17) is 5.11 Å². The Morgan fingerprint density at radius 1 is 1.27 bits per heavy atom. The van der Waals surface area contributed by atoms with Gasteiger partial charge in [0.2, 0.25) is 0 Å². The lowest BCUT2D eigenvalue weighted by Gasteiger charge is -2.06. The van der Waals surface area contributed by atoms with Crippen molar-refractivity contribution in [2.45, 2.75) is 27.2 Å². The molecule has 0 spiro atoms. The van der Waals surface area contributed by atoms with Gasteiger partial charge in [0.25, 0.3) is 0 Å². The van der Waals surface area contributed by atoms with Gasteiger partial charge in [-0.3, -0.25) is 9.59 Å². The van der Waals surface area contributed by atoms with Crippen LogP contribution in [0.4, 0.5) is 0 Å². The maximum Gasteiger partial charge on any atom is 0.306 e. The van der Waals surface area contributed by atoms with Gasteiger partial charge in [-0.15, -0.1) is 0 Å². The predicted molar refractivity (Wildman–Crippen MR) is 41.3 cm³/mol. The Bertz CT molecular complexity index is 161. The fourth-order valence-electron chi connectivity index (χ4n) is 0.625. The molecule has 1 unspecified atom stereocenters. The van der Waals surface area contributed by atoms with Crippen molar-refractivity contribution < 1.29 is 14.7 Å². The zero-order valence-corrected chi connectivity index (χ0v) is 7.13. The molecule has 0 aromatic rings. The van der Waals surface area contributed by atoms with E-state index in [1.165, 1.54) is 0 Å². The Balaban J connectivity index is 3.85. The van der Waals surface area contributed by atoms with E-state index in [-0.39, 0.29) is 18.1 Å². The summed E-state index contributed by atoms with van der Waals surface area (Å²) in [6.45, 7) is 5.09. The number of carbonyl (C=O) groups is 2. The Kier molecular flexibility index (Phi) is 3.79. The summed E-state index contributed by atoms with van der Waals surface area (Å²) in [5, 5.41) is 8.46. The number of aliphatic carboxylic acids is 1. The maximum atomic E-state index is 11.0. The van der Waals surface area contributed by atoms with E-state index in [0.29, 0.717) is 0 Å². The van der Waals surface area contributed by atoms with Crippen LogP contribution in [0.3, 0.4) is 0 Å². The minimum atomic E-state index is -0.904. The molecule has 1 atom stereocenters. The molecule has 0 saturated carbocycles. The van der Waals surface area contributed by atoms with Gasteiger partial charge in [0.1, 0.15) is 5.78 Å². The van der Waals surface area contributed by atoms with Crippen LogP contribution >= 0.6 is 0 Å². The van der Waals surface area contributed by atoms with E-state index in [0.717, 1.165) is 0 Å². The molecule has 1 N–H and O–H groups in total. The maximum absolute atomic E-state index is 11.0. The van der Waals surface area contributed by atoms with E-state index in [2.05, 4.69) is 0 Å². The lowest BCUT2D eigenvalue weighted by molar-refractivity contribution is -0.143. The second-order valence-electron chi connectivity index (χ2n) is 3.06. The number of hydrogen-bond donors (Lipinski definition) is 1. The summed E-state index contributed by atoms with van der Waals surface area (Å²) >= 11 is 0. The molecule has 0 bridgehead atoms. The van der Waals surface area contributed by atoms with Crippen LogP contribution in [-0.2, 0) is 9.59 Å². The third kappa shape index (κ3) is 3.75. The third-order valence-corrected chi connectivity index (χ3v) is 1.57. The van der Waals surface area contributed by atoms with Crippen LogP contribution in [-0.4, -0.2) is 16.9 Å². The summed E-state index contributed by atoms with van der Waals surface area (Å²) < 4.78 is 0. The number of carboxylic acids is 1.